The number of hydrogen-bond donors (Lipinski definition) is 0. The molecule has 2 rings (SSSR count). The van der Waals surface area contributed by atoms with E-state index in [1.165, 1.54) is 0 Å². The van der Waals surface area contributed by atoms with E-state index in [0.717, 1.165) is 16.7 Å². The summed E-state index contributed by atoms with van der Waals surface area (Å²) in [4.78, 5) is 0. The van der Waals surface area contributed by atoms with E-state index < -0.39 is 0 Å². The van der Waals surface area contributed by atoms with E-state index in [1.54, 1.807) is 6.07 Å². The van der Waals surface area contributed by atoms with Gasteiger partial charge >= 0.3 is 0 Å². The van der Waals surface area contributed by atoms with Gasteiger partial charge in [0.25, 0.3) is 0 Å². The smallest absolute Gasteiger partial charge is 0.0670 e. The molecule has 0 atom stereocenters. The molecule has 0 saturated carbocycles. The molecule has 0 bridgehead atoms. The van der Waals surface area contributed by atoms with E-state index in [4.69, 9.17) is 23.2 Å². The number of benzene rings is 2. The molecule has 2 aromatic rings. The van der Waals surface area contributed by atoms with Crippen LogP contribution in [0.1, 0.15) is 5.56 Å². The molecular formula is C13H9Cl2. The normalized spacial score (nSPS) is 10.3. The van der Waals surface area contributed by atoms with Gasteiger partial charge in [0.05, 0.1) is 10.0 Å². The molecule has 0 amide bonds. The highest BCUT2D eigenvalue weighted by Crippen LogP contribution is 2.34. The predicted molar refractivity (Wildman–Crippen MR) is 66.4 cm³/mol. The van der Waals surface area contributed by atoms with Crippen LogP contribution < -0.4 is 0 Å². The fraction of sp³-hybridized carbons (Fsp3) is 0. The second kappa shape index (κ2) is 4.26. The van der Waals surface area contributed by atoms with E-state index in [0.29, 0.717) is 10.0 Å². The van der Waals surface area contributed by atoms with Crippen molar-refractivity contribution >= 4 is 23.2 Å². The standard InChI is InChI=1S/C13H9Cl2/c1-9-5-2-3-6-10(9)11-7-4-8-12(14)13(11)15/h2-8H,1H2. The zero-order valence-electron chi connectivity index (χ0n) is 8.00. The molecule has 0 N–H and O–H groups in total. The molecule has 0 spiro atoms. The van der Waals surface area contributed by atoms with Crippen molar-refractivity contribution in [3.63, 3.8) is 0 Å². The highest BCUT2D eigenvalue weighted by Gasteiger charge is 2.07. The third-order valence-corrected chi connectivity index (χ3v) is 3.08. The summed E-state index contributed by atoms with van der Waals surface area (Å²) in [6.45, 7) is 3.97. The van der Waals surface area contributed by atoms with Gasteiger partial charge in [-0.25, -0.2) is 0 Å². The Kier molecular flexibility index (Phi) is 2.99. The fourth-order valence-electron chi connectivity index (χ4n) is 1.49. The van der Waals surface area contributed by atoms with Crippen molar-refractivity contribution in [2.24, 2.45) is 0 Å². The Labute approximate surface area is 99.5 Å². The van der Waals surface area contributed by atoms with Gasteiger partial charge in [0.1, 0.15) is 0 Å². The van der Waals surface area contributed by atoms with E-state index >= 15 is 0 Å². The highest BCUT2D eigenvalue weighted by atomic mass is 35.5. The minimum atomic E-state index is 0.567. The van der Waals surface area contributed by atoms with Gasteiger partial charge in [-0.1, -0.05) is 59.6 Å². The molecule has 15 heavy (non-hydrogen) atoms. The van der Waals surface area contributed by atoms with E-state index in [9.17, 15) is 0 Å². The second-order valence-corrected chi connectivity index (χ2v) is 4.04. The number of hydrogen-bond acceptors (Lipinski definition) is 0. The predicted octanol–water partition coefficient (Wildman–Crippen LogP) is 4.84. The summed E-state index contributed by atoms with van der Waals surface area (Å²) in [6, 6.07) is 13.4. The molecule has 0 aromatic heterocycles. The Morgan fingerprint density at radius 2 is 1.47 bits per heavy atom. The first kappa shape index (κ1) is 10.5. The average molecular weight is 236 g/mol. The lowest BCUT2D eigenvalue weighted by atomic mass is 10.0. The Balaban J connectivity index is 2.65. The Morgan fingerprint density at radius 3 is 2.20 bits per heavy atom. The first-order valence-electron chi connectivity index (χ1n) is 4.55. The van der Waals surface area contributed by atoms with E-state index in [1.807, 2.05) is 36.4 Å². The third kappa shape index (κ3) is 2.01. The molecule has 2 aromatic carbocycles. The van der Waals surface area contributed by atoms with Gasteiger partial charge < -0.3 is 0 Å². The molecule has 0 fully saturated rings. The summed E-state index contributed by atoms with van der Waals surface area (Å²) in [5.74, 6) is 0. The number of halogens is 2. The Hall–Kier alpha value is -0.980. The van der Waals surface area contributed by atoms with Gasteiger partial charge in [-0.3, -0.25) is 0 Å². The van der Waals surface area contributed by atoms with E-state index in [-0.39, 0.29) is 0 Å². The van der Waals surface area contributed by atoms with E-state index in [2.05, 4.69) is 6.92 Å². The zero-order valence-corrected chi connectivity index (χ0v) is 9.52. The molecule has 0 aliphatic rings. The summed E-state index contributed by atoms with van der Waals surface area (Å²) >= 11 is 12.1. The fourth-order valence-corrected chi connectivity index (χ4v) is 1.90. The lowest BCUT2D eigenvalue weighted by Gasteiger charge is -2.08. The molecule has 75 valence electrons. The van der Waals surface area contributed by atoms with Gasteiger partial charge in [0.15, 0.2) is 0 Å². The van der Waals surface area contributed by atoms with Crippen molar-refractivity contribution in [2.75, 3.05) is 0 Å². The van der Waals surface area contributed by atoms with Gasteiger partial charge in [0.2, 0.25) is 0 Å². The van der Waals surface area contributed by atoms with Crippen LogP contribution in [0.25, 0.3) is 11.1 Å². The quantitative estimate of drug-likeness (QED) is 0.664. The van der Waals surface area contributed by atoms with Crippen LogP contribution in [-0.4, -0.2) is 0 Å². The molecule has 2 heteroatoms. The van der Waals surface area contributed by atoms with Crippen molar-refractivity contribution < 1.29 is 0 Å². The molecule has 0 heterocycles. The van der Waals surface area contributed by atoms with Crippen LogP contribution in [-0.2, 0) is 0 Å². The minimum Gasteiger partial charge on any atom is -0.0827 e. The average Bonchev–Trinajstić information content (AvgIpc) is 2.23. The van der Waals surface area contributed by atoms with Crippen molar-refractivity contribution in [1.29, 1.82) is 0 Å². The van der Waals surface area contributed by atoms with Crippen molar-refractivity contribution in [2.45, 2.75) is 0 Å². The summed E-state index contributed by atoms with van der Waals surface area (Å²) in [7, 11) is 0. The second-order valence-electron chi connectivity index (χ2n) is 3.26. The first-order chi connectivity index (χ1) is 7.20. The summed E-state index contributed by atoms with van der Waals surface area (Å²) in [6.07, 6.45) is 0. The van der Waals surface area contributed by atoms with Crippen molar-refractivity contribution in [1.82, 2.24) is 0 Å². The van der Waals surface area contributed by atoms with Crippen LogP contribution in [0.2, 0.25) is 10.0 Å². The van der Waals surface area contributed by atoms with Gasteiger partial charge in [-0.2, -0.15) is 0 Å². The van der Waals surface area contributed by atoms with Crippen molar-refractivity contribution in [3.05, 3.63) is 65.0 Å². The maximum Gasteiger partial charge on any atom is 0.0670 e. The monoisotopic (exact) mass is 235 g/mol. The largest absolute Gasteiger partial charge is 0.0827 e. The lowest BCUT2D eigenvalue weighted by molar-refractivity contribution is 1.56. The molecule has 0 nitrogen and oxygen atoms in total. The van der Waals surface area contributed by atoms with Gasteiger partial charge in [-0.15, -0.1) is 0 Å². The van der Waals surface area contributed by atoms with Crippen LogP contribution in [0.4, 0.5) is 0 Å². The Bertz CT molecular complexity index is 490. The van der Waals surface area contributed by atoms with Crippen molar-refractivity contribution in [3.8, 4) is 11.1 Å². The molecule has 0 saturated heterocycles. The summed E-state index contributed by atoms with van der Waals surface area (Å²) < 4.78 is 0. The summed E-state index contributed by atoms with van der Waals surface area (Å²) in [5, 5.41) is 1.15. The van der Waals surface area contributed by atoms with Crippen LogP contribution in [0.15, 0.2) is 42.5 Å². The topological polar surface area (TPSA) is 0 Å². The van der Waals surface area contributed by atoms with Gasteiger partial charge in [-0.05, 0) is 24.1 Å². The minimum absolute atomic E-state index is 0.567. The lowest BCUT2D eigenvalue weighted by Crippen LogP contribution is -1.84. The highest BCUT2D eigenvalue weighted by molar-refractivity contribution is 6.43. The van der Waals surface area contributed by atoms with Crippen LogP contribution in [0.3, 0.4) is 0 Å². The molecule has 0 aliphatic carbocycles. The first-order valence-corrected chi connectivity index (χ1v) is 5.31. The SMILES string of the molecule is [CH2]c1ccccc1-c1cccc(Cl)c1Cl. The molecule has 0 aliphatic heterocycles. The summed E-state index contributed by atoms with van der Waals surface area (Å²) in [5.41, 5.74) is 2.89. The molecular weight excluding hydrogens is 227 g/mol. The molecule has 0 unspecified atom stereocenters. The maximum atomic E-state index is 6.14. The third-order valence-electron chi connectivity index (χ3n) is 2.26. The Morgan fingerprint density at radius 1 is 0.800 bits per heavy atom. The molecule has 1 radical (unpaired) electrons. The zero-order chi connectivity index (χ0) is 10.8. The van der Waals surface area contributed by atoms with Crippen LogP contribution >= 0.6 is 23.2 Å². The van der Waals surface area contributed by atoms with Crippen LogP contribution in [0.5, 0.6) is 0 Å². The maximum absolute atomic E-state index is 6.14. The van der Waals surface area contributed by atoms with Crippen LogP contribution in [0, 0.1) is 6.92 Å². The van der Waals surface area contributed by atoms with Gasteiger partial charge in [0, 0.05) is 5.56 Å². The number of rotatable bonds is 1.